The van der Waals surface area contributed by atoms with E-state index in [0.29, 0.717) is 30.8 Å². The summed E-state index contributed by atoms with van der Waals surface area (Å²) in [4.78, 5) is 11.8. The SMILES string of the molecule is O=C(NCc1ccc(Br)c(F)c1)C1COCCN1. The molecule has 0 aliphatic carbocycles. The number of ether oxygens (including phenoxy) is 1. The fourth-order valence-corrected chi connectivity index (χ4v) is 1.94. The van der Waals surface area contributed by atoms with E-state index in [0.717, 1.165) is 5.56 Å². The first-order valence-corrected chi connectivity index (χ1v) is 6.49. The molecule has 6 heteroatoms. The number of carbonyl (C=O) groups excluding carboxylic acids is 1. The monoisotopic (exact) mass is 316 g/mol. The van der Waals surface area contributed by atoms with E-state index in [4.69, 9.17) is 4.74 Å². The molecule has 1 saturated heterocycles. The molecular formula is C12H14BrFN2O2. The van der Waals surface area contributed by atoms with Gasteiger partial charge in [-0.25, -0.2) is 4.39 Å². The predicted octanol–water partition coefficient (Wildman–Crippen LogP) is 1.19. The Morgan fingerprint density at radius 2 is 2.44 bits per heavy atom. The fraction of sp³-hybridized carbons (Fsp3) is 0.417. The standard InChI is InChI=1S/C12H14BrFN2O2/c13-9-2-1-8(5-10(9)14)6-16-12(17)11-7-18-4-3-15-11/h1-2,5,11,15H,3-4,6-7H2,(H,16,17). The van der Waals surface area contributed by atoms with E-state index in [1.807, 2.05) is 0 Å². The van der Waals surface area contributed by atoms with Crippen LogP contribution in [0.15, 0.2) is 22.7 Å². The molecule has 1 amide bonds. The summed E-state index contributed by atoms with van der Waals surface area (Å²) in [5.74, 6) is -0.459. The van der Waals surface area contributed by atoms with Gasteiger partial charge in [-0.3, -0.25) is 4.79 Å². The van der Waals surface area contributed by atoms with Crippen LogP contribution in [-0.4, -0.2) is 31.7 Å². The molecule has 1 heterocycles. The molecule has 0 bridgehead atoms. The molecule has 0 saturated carbocycles. The zero-order valence-corrected chi connectivity index (χ0v) is 11.3. The Hall–Kier alpha value is -0.980. The summed E-state index contributed by atoms with van der Waals surface area (Å²) >= 11 is 3.08. The second kappa shape index (κ2) is 6.26. The zero-order chi connectivity index (χ0) is 13.0. The summed E-state index contributed by atoms with van der Waals surface area (Å²) in [6.07, 6.45) is 0. The van der Waals surface area contributed by atoms with Gasteiger partial charge in [-0.05, 0) is 33.6 Å². The highest BCUT2D eigenvalue weighted by molar-refractivity contribution is 9.10. The van der Waals surface area contributed by atoms with Crippen LogP contribution in [0.2, 0.25) is 0 Å². The molecule has 1 atom stereocenters. The number of halogens is 2. The number of rotatable bonds is 3. The summed E-state index contributed by atoms with van der Waals surface area (Å²) in [5.41, 5.74) is 0.723. The Morgan fingerprint density at radius 3 is 3.11 bits per heavy atom. The predicted molar refractivity (Wildman–Crippen MR) is 68.6 cm³/mol. The molecule has 2 rings (SSSR count). The second-order valence-corrected chi connectivity index (χ2v) is 4.90. The molecule has 1 fully saturated rings. The fourth-order valence-electron chi connectivity index (χ4n) is 1.70. The summed E-state index contributed by atoms with van der Waals surface area (Å²) in [6, 6.07) is 4.46. The third-order valence-electron chi connectivity index (χ3n) is 2.69. The van der Waals surface area contributed by atoms with E-state index in [-0.39, 0.29) is 17.8 Å². The molecule has 0 spiro atoms. The average Bonchev–Trinajstić information content (AvgIpc) is 2.41. The van der Waals surface area contributed by atoms with E-state index < -0.39 is 0 Å². The van der Waals surface area contributed by atoms with Gasteiger partial charge < -0.3 is 15.4 Å². The van der Waals surface area contributed by atoms with Crippen LogP contribution in [0.4, 0.5) is 4.39 Å². The molecule has 1 unspecified atom stereocenters. The van der Waals surface area contributed by atoms with Crippen LogP contribution in [-0.2, 0) is 16.1 Å². The Labute approximate surface area is 113 Å². The van der Waals surface area contributed by atoms with Crippen LogP contribution < -0.4 is 10.6 Å². The van der Waals surface area contributed by atoms with Crippen LogP contribution in [0.25, 0.3) is 0 Å². The van der Waals surface area contributed by atoms with Gasteiger partial charge in [0.15, 0.2) is 0 Å². The highest BCUT2D eigenvalue weighted by Gasteiger charge is 2.20. The lowest BCUT2D eigenvalue weighted by atomic mass is 10.2. The largest absolute Gasteiger partial charge is 0.378 e. The van der Waals surface area contributed by atoms with E-state index in [1.165, 1.54) is 6.07 Å². The number of morpholine rings is 1. The molecule has 1 aromatic rings. The maximum Gasteiger partial charge on any atom is 0.239 e. The van der Waals surface area contributed by atoms with Crippen LogP contribution in [0.1, 0.15) is 5.56 Å². The summed E-state index contributed by atoms with van der Waals surface area (Å²) in [5, 5.41) is 5.81. The van der Waals surface area contributed by atoms with Crippen LogP contribution >= 0.6 is 15.9 Å². The van der Waals surface area contributed by atoms with Crippen molar-refractivity contribution < 1.29 is 13.9 Å². The first-order valence-electron chi connectivity index (χ1n) is 5.69. The highest BCUT2D eigenvalue weighted by atomic mass is 79.9. The van der Waals surface area contributed by atoms with Crippen LogP contribution in [0.5, 0.6) is 0 Å². The Bertz CT molecular complexity index is 436. The maximum absolute atomic E-state index is 13.3. The van der Waals surface area contributed by atoms with Crippen molar-refractivity contribution in [3.8, 4) is 0 Å². The van der Waals surface area contributed by atoms with Crippen molar-refractivity contribution in [1.82, 2.24) is 10.6 Å². The molecule has 1 aliphatic rings. The Balaban J connectivity index is 1.86. The van der Waals surface area contributed by atoms with Crippen LogP contribution in [0.3, 0.4) is 0 Å². The van der Waals surface area contributed by atoms with Gasteiger partial charge in [0.1, 0.15) is 11.9 Å². The van der Waals surface area contributed by atoms with Gasteiger partial charge in [-0.1, -0.05) is 6.07 Å². The maximum atomic E-state index is 13.3. The molecule has 0 aromatic heterocycles. The Morgan fingerprint density at radius 1 is 1.61 bits per heavy atom. The van der Waals surface area contributed by atoms with Crippen molar-refractivity contribution in [2.24, 2.45) is 0 Å². The van der Waals surface area contributed by atoms with Gasteiger partial charge in [0.25, 0.3) is 0 Å². The molecule has 1 aliphatic heterocycles. The number of carbonyl (C=O) groups is 1. The summed E-state index contributed by atoms with van der Waals surface area (Å²) < 4.78 is 18.9. The summed E-state index contributed by atoms with van der Waals surface area (Å²) in [7, 11) is 0. The number of hydrogen-bond donors (Lipinski definition) is 2. The van der Waals surface area contributed by atoms with Crippen LogP contribution in [0, 0.1) is 5.82 Å². The molecular weight excluding hydrogens is 303 g/mol. The lowest BCUT2D eigenvalue weighted by Crippen LogP contribution is -2.51. The first-order chi connectivity index (χ1) is 8.66. The van der Waals surface area contributed by atoms with Gasteiger partial charge in [0.2, 0.25) is 5.91 Å². The van der Waals surface area contributed by atoms with Gasteiger partial charge >= 0.3 is 0 Å². The molecule has 0 radical (unpaired) electrons. The number of hydrogen-bond acceptors (Lipinski definition) is 3. The van der Waals surface area contributed by atoms with Gasteiger partial charge in [-0.2, -0.15) is 0 Å². The summed E-state index contributed by atoms with van der Waals surface area (Å²) in [6.45, 7) is 1.98. The van der Waals surface area contributed by atoms with Crippen molar-refractivity contribution in [2.45, 2.75) is 12.6 Å². The molecule has 1 aromatic carbocycles. The molecule has 4 nitrogen and oxygen atoms in total. The average molecular weight is 317 g/mol. The van der Waals surface area contributed by atoms with Gasteiger partial charge in [-0.15, -0.1) is 0 Å². The Kier molecular flexibility index (Phi) is 4.68. The quantitative estimate of drug-likeness (QED) is 0.881. The zero-order valence-electron chi connectivity index (χ0n) is 9.71. The second-order valence-electron chi connectivity index (χ2n) is 4.05. The lowest BCUT2D eigenvalue weighted by Gasteiger charge is -2.22. The number of amides is 1. The van der Waals surface area contributed by atoms with E-state index >= 15 is 0 Å². The van der Waals surface area contributed by atoms with E-state index in [9.17, 15) is 9.18 Å². The number of nitrogens with one attached hydrogen (secondary N) is 2. The number of benzene rings is 1. The first kappa shape index (κ1) is 13.5. The lowest BCUT2D eigenvalue weighted by molar-refractivity contribution is -0.126. The normalized spacial score (nSPS) is 19.6. The van der Waals surface area contributed by atoms with Crippen molar-refractivity contribution in [1.29, 1.82) is 0 Å². The molecule has 18 heavy (non-hydrogen) atoms. The van der Waals surface area contributed by atoms with Crippen molar-refractivity contribution in [2.75, 3.05) is 19.8 Å². The van der Waals surface area contributed by atoms with Crippen molar-refractivity contribution in [3.63, 3.8) is 0 Å². The minimum Gasteiger partial charge on any atom is -0.378 e. The minimum absolute atomic E-state index is 0.127. The van der Waals surface area contributed by atoms with Crippen molar-refractivity contribution >= 4 is 21.8 Å². The molecule has 98 valence electrons. The topological polar surface area (TPSA) is 50.4 Å². The van der Waals surface area contributed by atoms with E-state index in [1.54, 1.807) is 12.1 Å². The smallest absolute Gasteiger partial charge is 0.239 e. The van der Waals surface area contributed by atoms with Crippen molar-refractivity contribution in [3.05, 3.63) is 34.1 Å². The highest BCUT2D eigenvalue weighted by Crippen LogP contribution is 2.16. The third-order valence-corrected chi connectivity index (χ3v) is 3.33. The van der Waals surface area contributed by atoms with Gasteiger partial charge in [0, 0.05) is 13.1 Å². The minimum atomic E-state index is -0.333. The molecule has 2 N–H and O–H groups in total. The third kappa shape index (κ3) is 3.51. The van der Waals surface area contributed by atoms with E-state index in [2.05, 4.69) is 26.6 Å². The van der Waals surface area contributed by atoms with Gasteiger partial charge in [0.05, 0.1) is 17.7 Å².